The van der Waals surface area contributed by atoms with Crippen LogP contribution >= 0.6 is 23.1 Å². The molecule has 0 radical (unpaired) electrons. The molecule has 0 amide bonds. The molecule has 0 spiro atoms. The third-order valence-electron chi connectivity index (χ3n) is 4.67. The molecule has 0 saturated carbocycles. The lowest BCUT2D eigenvalue weighted by atomic mass is 10.1. The molecule has 0 aliphatic rings. The number of aromatic nitrogens is 6. The van der Waals surface area contributed by atoms with E-state index in [0.29, 0.717) is 22.1 Å². The number of aryl methyl sites for hydroxylation is 3. The van der Waals surface area contributed by atoms with Crippen molar-refractivity contribution in [3.8, 4) is 5.69 Å². The molecule has 0 aliphatic carbocycles. The van der Waals surface area contributed by atoms with Crippen LogP contribution in [0.5, 0.6) is 0 Å². The number of nitrogens with one attached hydrogen (secondary N) is 1. The molecule has 7 nitrogen and oxygen atoms in total. The van der Waals surface area contributed by atoms with Gasteiger partial charge in [-0.15, -0.1) is 16.4 Å². The van der Waals surface area contributed by atoms with Crippen molar-refractivity contribution in [2.45, 2.75) is 38.6 Å². The minimum Gasteiger partial charge on any atom is -0.309 e. The number of tetrazole rings is 1. The van der Waals surface area contributed by atoms with Crippen molar-refractivity contribution in [1.29, 1.82) is 0 Å². The number of hydrogen-bond acceptors (Lipinski definition) is 7. The molecule has 1 aromatic carbocycles. The van der Waals surface area contributed by atoms with Crippen molar-refractivity contribution in [1.82, 2.24) is 30.2 Å². The van der Waals surface area contributed by atoms with Crippen LogP contribution in [0.1, 0.15) is 27.4 Å². The highest BCUT2D eigenvalue weighted by Gasteiger charge is 2.15. The van der Waals surface area contributed by atoms with Gasteiger partial charge in [-0.05, 0) is 60.9 Å². The summed E-state index contributed by atoms with van der Waals surface area (Å²) in [6, 6.07) is 6.04. The predicted molar refractivity (Wildman–Crippen MR) is 108 cm³/mol. The van der Waals surface area contributed by atoms with Crippen LogP contribution in [0.15, 0.2) is 28.2 Å². The molecule has 4 rings (SSSR count). The molecule has 138 valence electrons. The average Bonchev–Trinajstić information content (AvgIpc) is 3.20. The van der Waals surface area contributed by atoms with Gasteiger partial charge in [0.05, 0.1) is 16.8 Å². The Morgan fingerprint density at radius 2 is 2.00 bits per heavy atom. The first-order chi connectivity index (χ1) is 13.0. The van der Waals surface area contributed by atoms with Gasteiger partial charge in [-0.1, -0.05) is 23.9 Å². The number of hydrogen-bond donors (Lipinski definition) is 1. The number of thioether (sulfide) groups is 1. The SMILES string of the molecule is Cc1cccc(-n2nnnc2SCc2nc3sc(C)c(C)c3c(=O)[nH]2)c1C. The van der Waals surface area contributed by atoms with E-state index in [0.717, 1.165) is 26.5 Å². The quantitative estimate of drug-likeness (QED) is 0.529. The average molecular weight is 399 g/mol. The molecule has 0 unspecified atom stereocenters. The maximum absolute atomic E-state index is 12.4. The topological polar surface area (TPSA) is 89.3 Å². The van der Waals surface area contributed by atoms with Crippen molar-refractivity contribution in [2.24, 2.45) is 0 Å². The van der Waals surface area contributed by atoms with Gasteiger partial charge in [0.15, 0.2) is 0 Å². The first-order valence-electron chi connectivity index (χ1n) is 8.42. The Bertz CT molecular complexity index is 1210. The Labute approximate surface area is 163 Å². The van der Waals surface area contributed by atoms with Gasteiger partial charge < -0.3 is 4.98 Å². The summed E-state index contributed by atoms with van der Waals surface area (Å²) in [5.74, 6) is 1.10. The molecule has 3 aromatic heterocycles. The van der Waals surface area contributed by atoms with Crippen LogP contribution in [0.25, 0.3) is 15.9 Å². The number of aromatic amines is 1. The zero-order valence-electron chi connectivity index (χ0n) is 15.4. The molecule has 0 bridgehead atoms. The van der Waals surface area contributed by atoms with E-state index in [2.05, 4.69) is 45.4 Å². The van der Waals surface area contributed by atoms with Gasteiger partial charge in [-0.25, -0.2) is 4.98 Å². The van der Waals surface area contributed by atoms with E-state index in [1.807, 2.05) is 26.0 Å². The van der Waals surface area contributed by atoms with E-state index in [1.165, 1.54) is 17.3 Å². The normalized spacial score (nSPS) is 11.4. The Hall–Kier alpha value is -2.52. The predicted octanol–water partition coefficient (Wildman–Crippen LogP) is 3.49. The molecule has 0 fully saturated rings. The third kappa shape index (κ3) is 3.17. The Morgan fingerprint density at radius 3 is 2.81 bits per heavy atom. The van der Waals surface area contributed by atoms with Gasteiger partial charge in [0.1, 0.15) is 10.7 Å². The molecule has 0 aliphatic heterocycles. The highest BCUT2D eigenvalue weighted by Crippen LogP contribution is 2.27. The van der Waals surface area contributed by atoms with Crippen molar-refractivity contribution in [3.63, 3.8) is 0 Å². The summed E-state index contributed by atoms with van der Waals surface area (Å²) < 4.78 is 1.73. The molecule has 0 atom stereocenters. The Kier molecular flexibility index (Phi) is 4.56. The summed E-state index contributed by atoms with van der Waals surface area (Å²) in [6.07, 6.45) is 0. The fourth-order valence-corrected chi connectivity index (χ4v) is 4.69. The van der Waals surface area contributed by atoms with Crippen molar-refractivity contribution in [2.75, 3.05) is 0 Å². The standard InChI is InChI=1S/C18H18N6OS2/c1-9-6-5-7-13(10(9)2)24-18(21-22-23-24)26-8-14-19-16(25)15-11(3)12(4)27-17(15)20-14/h5-7H,8H2,1-4H3,(H,19,20,25). The van der Waals surface area contributed by atoms with E-state index >= 15 is 0 Å². The number of thiophene rings is 1. The van der Waals surface area contributed by atoms with Crippen LogP contribution < -0.4 is 5.56 Å². The van der Waals surface area contributed by atoms with E-state index in [1.54, 1.807) is 16.0 Å². The van der Waals surface area contributed by atoms with Crippen molar-refractivity contribution < 1.29 is 0 Å². The minimum absolute atomic E-state index is 0.0911. The van der Waals surface area contributed by atoms with Crippen LogP contribution in [-0.4, -0.2) is 30.2 Å². The van der Waals surface area contributed by atoms with Gasteiger partial charge in [0, 0.05) is 4.88 Å². The molecule has 1 N–H and O–H groups in total. The molecule has 9 heteroatoms. The lowest BCUT2D eigenvalue weighted by Gasteiger charge is -2.09. The van der Waals surface area contributed by atoms with Gasteiger partial charge in [-0.3, -0.25) is 4.79 Å². The summed E-state index contributed by atoms with van der Waals surface area (Å²) in [5, 5.41) is 13.4. The van der Waals surface area contributed by atoms with Crippen LogP contribution in [0.3, 0.4) is 0 Å². The van der Waals surface area contributed by atoms with Crippen LogP contribution in [0.4, 0.5) is 0 Å². The smallest absolute Gasteiger partial charge is 0.259 e. The second kappa shape index (κ2) is 6.90. The lowest BCUT2D eigenvalue weighted by Crippen LogP contribution is -2.11. The van der Waals surface area contributed by atoms with Gasteiger partial charge in [-0.2, -0.15) is 4.68 Å². The summed E-state index contributed by atoms with van der Waals surface area (Å²) >= 11 is 2.99. The number of fused-ring (bicyclic) bond motifs is 1. The largest absolute Gasteiger partial charge is 0.309 e. The summed E-state index contributed by atoms with van der Waals surface area (Å²) in [5.41, 5.74) is 4.17. The highest BCUT2D eigenvalue weighted by molar-refractivity contribution is 7.98. The zero-order chi connectivity index (χ0) is 19.1. The Morgan fingerprint density at radius 1 is 1.19 bits per heavy atom. The summed E-state index contributed by atoms with van der Waals surface area (Å²) in [6.45, 7) is 8.08. The number of nitrogens with zero attached hydrogens (tertiary/aromatic N) is 5. The summed E-state index contributed by atoms with van der Waals surface area (Å²) in [4.78, 5) is 21.8. The third-order valence-corrected chi connectivity index (χ3v) is 6.70. The molecule has 4 aromatic rings. The molecular weight excluding hydrogens is 380 g/mol. The Balaban J connectivity index is 1.64. The fraction of sp³-hybridized carbons (Fsp3) is 0.278. The van der Waals surface area contributed by atoms with E-state index in [4.69, 9.17) is 0 Å². The van der Waals surface area contributed by atoms with E-state index in [9.17, 15) is 4.79 Å². The van der Waals surface area contributed by atoms with Crippen LogP contribution in [0.2, 0.25) is 0 Å². The second-order valence-corrected chi connectivity index (χ2v) is 8.50. The zero-order valence-corrected chi connectivity index (χ0v) is 17.0. The maximum atomic E-state index is 12.4. The maximum Gasteiger partial charge on any atom is 0.259 e. The molecule has 27 heavy (non-hydrogen) atoms. The fourth-order valence-electron chi connectivity index (χ4n) is 2.89. The van der Waals surface area contributed by atoms with Crippen LogP contribution in [-0.2, 0) is 5.75 Å². The number of H-pyrrole nitrogens is 1. The summed E-state index contributed by atoms with van der Waals surface area (Å²) in [7, 11) is 0. The van der Waals surface area contributed by atoms with Crippen LogP contribution in [0, 0.1) is 27.7 Å². The number of rotatable bonds is 4. The van der Waals surface area contributed by atoms with Gasteiger partial charge in [0.2, 0.25) is 5.16 Å². The minimum atomic E-state index is -0.0911. The van der Waals surface area contributed by atoms with E-state index < -0.39 is 0 Å². The molecule has 0 saturated heterocycles. The van der Waals surface area contributed by atoms with Gasteiger partial charge >= 0.3 is 0 Å². The highest BCUT2D eigenvalue weighted by atomic mass is 32.2. The monoisotopic (exact) mass is 398 g/mol. The second-order valence-electron chi connectivity index (χ2n) is 6.36. The number of benzene rings is 1. The van der Waals surface area contributed by atoms with Crippen molar-refractivity contribution in [3.05, 3.63) is 55.9 Å². The van der Waals surface area contributed by atoms with Crippen molar-refractivity contribution >= 4 is 33.3 Å². The lowest BCUT2D eigenvalue weighted by molar-refractivity contribution is 0.750. The molecular formula is C18H18N6OS2. The first kappa shape index (κ1) is 17.9. The first-order valence-corrected chi connectivity index (χ1v) is 10.2. The molecule has 3 heterocycles. The van der Waals surface area contributed by atoms with Gasteiger partial charge in [0.25, 0.3) is 5.56 Å². The van der Waals surface area contributed by atoms with E-state index in [-0.39, 0.29) is 5.56 Å².